The van der Waals surface area contributed by atoms with E-state index in [1.165, 1.54) is 12.0 Å². The van der Waals surface area contributed by atoms with Gasteiger partial charge in [-0.25, -0.2) is 9.78 Å². The maximum atomic E-state index is 12.5. The fourth-order valence-electron chi connectivity index (χ4n) is 2.66. The van der Waals surface area contributed by atoms with Gasteiger partial charge >= 0.3 is 6.09 Å². The minimum Gasteiger partial charge on any atom is -0.443 e. The first-order valence-corrected chi connectivity index (χ1v) is 8.60. The normalized spacial score (nSPS) is 18.0. The molecule has 1 fully saturated rings. The Hall–Kier alpha value is -1.62. The molecule has 1 saturated heterocycles. The zero-order chi connectivity index (χ0) is 16.9. The van der Waals surface area contributed by atoms with E-state index >= 15 is 0 Å². The summed E-state index contributed by atoms with van der Waals surface area (Å²) in [6.07, 6.45) is 5.84. The fourth-order valence-corrected chi connectivity index (χ4v) is 2.66. The molecular weight excluding hydrogens is 290 g/mol. The Bertz CT molecular complexity index is 502. The number of rotatable bonds is 5. The van der Waals surface area contributed by atoms with E-state index in [9.17, 15) is 4.79 Å². The van der Waals surface area contributed by atoms with Crippen LogP contribution in [0.3, 0.4) is 0 Å². The number of ether oxygens (including phenoxy) is 1. The van der Waals surface area contributed by atoms with E-state index in [1.807, 2.05) is 33.0 Å². The highest BCUT2D eigenvalue weighted by atomic mass is 16.6. The van der Waals surface area contributed by atoms with Crippen LogP contribution in [0.15, 0.2) is 18.3 Å². The minimum atomic E-state index is -0.505. The van der Waals surface area contributed by atoms with Crippen LogP contribution < -0.4 is 10.2 Å². The Labute approximate surface area is 139 Å². The molecule has 0 spiro atoms. The maximum Gasteiger partial charge on any atom is 0.416 e. The van der Waals surface area contributed by atoms with Gasteiger partial charge in [-0.1, -0.05) is 19.4 Å². The van der Waals surface area contributed by atoms with Crippen molar-refractivity contribution in [2.75, 3.05) is 18.0 Å². The number of amides is 1. The van der Waals surface area contributed by atoms with Gasteiger partial charge in [0, 0.05) is 18.8 Å². The van der Waals surface area contributed by atoms with Crippen molar-refractivity contribution in [2.24, 2.45) is 0 Å². The van der Waals surface area contributed by atoms with Crippen molar-refractivity contribution in [2.45, 2.75) is 65.0 Å². The summed E-state index contributed by atoms with van der Waals surface area (Å²) in [4.78, 5) is 18.6. The quantitative estimate of drug-likeness (QED) is 0.889. The van der Waals surface area contributed by atoms with Crippen LogP contribution in [-0.4, -0.2) is 29.8 Å². The van der Waals surface area contributed by atoms with E-state index in [2.05, 4.69) is 23.3 Å². The Morgan fingerprint density at radius 2 is 2.22 bits per heavy atom. The highest BCUT2D eigenvalue weighted by Crippen LogP contribution is 2.24. The molecule has 1 aromatic rings. The molecule has 1 N–H and O–H groups in total. The molecule has 2 rings (SSSR count). The van der Waals surface area contributed by atoms with E-state index < -0.39 is 5.60 Å². The Morgan fingerprint density at radius 3 is 2.74 bits per heavy atom. The molecule has 0 unspecified atom stereocenters. The summed E-state index contributed by atoms with van der Waals surface area (Å²) in [5, 5.41) is 3.46. The van der Waals surface area contributed by atoms with Crippen LogP contribution in [0.5, 0.6) is 0 Å². The predicted molar refractivity (Wildman–Crippen MR) is 92.7 cm³/mol. The third-order valence-corrected chi connectivity index (χ3v) is 3.86. The van der Waals surface area contributed by atoms with Gasteiger partial charge in [0.25, 0.3) is 0 Å². The number of unbranched alkanes of at least 4 members (excludes halogenated alkanes) is 1. The van der Waals surface area contributed by atoms with Crippen LogP contribution in [0.1, 0.15) is 65.0 Å². The molecule has 5 heteroatoms. The summed E-state index contributed by atoms with van der Waals surface area (Å²) in [6, 6.07) is 4.38. The molecular formula is C18H29N3O2. The van der Waals surface area contributed by atoms with Crippen LogP contribution in [-0.2, 0) is 4.74 Å². The average molecular weight is 319 g/mol. The lowest BCUT2D eigenvalue weighted by molar-refractivity contribution is 0.0578. The van der Waals surface area contributed by atoms with Crippen molar-refractivity contribution >= 4 is 11.9 Å². The minimum absolute atomic E-state index is 0.329. The highest BCUT2D eigenvalue weighted by molar-refractivity contribution is 5.86. The number of pyridine rings is 1. The Balaban J connectivity index is 2.12. The van der Waals surface area contributed by atoms with Crippen molar-refractivity contribution in [3.05, 3.63) is 23.9 Å². The molecule has 128 valence electrons. The van der Waals surface area contributed by atoms with Crippen LogP contribution in [0.2, 0.25) is 0 Å². The van der Waals surface area contributed by atoms with Gasteiger partial charge in [0.2, 0.25) is 0 Å². The third kappa shape index (κ3) is 5.20. The van der Waals surface area contributed by atoms with E-state index in [0.717, 1.165) is 25.8 Å². The maximum absolute atomic E-state index is 12.5. The van der Waals surface area contributed by atoms with Gasteiger partial charge in [0.05, 0.1) is 0 Å². The van der Waals surface area contributed by atoms with Gasteiger partial charge in [-0.2, -0.15) is 0 Å². The zero-order valence-electron chi connectivity index (χ0n) is 14.8. The van der Waals surface area contributed by atoms with Crippen molar-refractivity contribution in [1.29, 1.82) is 0 Å². The average Bonchev–Trinajstić information content (AvgIpc) is 3.00. The van der Waals surface area contributed by atoms with E-state index in [4.69, 9.17) is 4.74 Å². The first-order valence-electron chi connectivity index (χ1n) is 8.60. The second-order valence-corrected chi connectivity index (χ2v) is 7.08. The number of anilines is 1. The number of hydrogen-bond donors (Lipinski definition) is 1. The lowest BCUT2D eigenvalue weighted by atomic mass is 10.1. The van der Waals surface area contributed by atoms with Gasteiger partial charge in [0.1, 0.15) is 11.4 Å². The lowest BCUT2D eigenvalue weighted by Crippen LogP contribution is -2.38. The number of nitrogens with one attached hydrogen (secondary N) is 1. The lowest BCUT2D eigenvalue weighted by Gasteiger charge is -2.27. The van der Waals surface area contributed by atoms with Gasteiger partial charge in [-0.15, -0.1) is 0 Å². The molecule has 0 aromatic carbocycles. The van der Waals surface area contributed by atoms with Crippen LogP contribution in [0.4, 0.5) is 10.6 Å². The molecule has 1 amide bonds. The number of aromatic nitrogens is 1. The number of hydrogen-bond acceptors (Lipinski definition) is 4. The molecule has 0 saturated carbocycles. The summed E-state index contributed by atoms with van der Waals surface area (Å²) < 4.78 is 5.52. The standard InChI is InChI=1S/C18H29N3O2/c1-5-6-12-21(17(22)23-18(2,3)4)16-10-9-14(13-20-16)15-8-7-11-19-15/h9-10,13,15,19H,5-8,11-12H2,1-4H3/t15-/m1/s1. The first kappa shape index (κ1) is 17.7. The molecule has 1 aliphatic rings. The topological polar surface area (TPSA) is 54.5 Å². The van der Waals surface area contributed by atoms with Crippen LogP contribution >= 0.6 is 0 Å². The van der Waals surface area contributed by atoms with Crippen LogP contribution in [0.25, 0.3) is 0 Å². The summed E-state index contributed by atoms with van der Waals surface area (Å²) >= 11 is 0. The van der Waals surface area contributed by atoms with E-state index in [1.54, 1.807) is 4.90 Å². The second kappa shape index (κ2) is 7.77. The smallest absolute Gasteiger partial charge is 0.416 e. The van der Waals surface area contributed by atoms with Gasteiger partial charge in [0.15, 0.2) is 0 Å². The van der Waals surface area contributed by atoms with Gasteiger partial charge in [-0.3, -0.25) is 4.90 Å². The largest absolute Gasteiger partial charge is 0.443 e. The first-order chi connectivity index (χ1) is 10.9. The fraction of sp³-hybridized carbons (Fsp3) is 0.667. The molecule has 0 bridgehead atoms. The number of carbonyl (C=O) groups is 1. The zero-order valence-corrected chi connectivity index (χ0v) is 14.8. The third-order valence-electron chi connectivity index (χ3n) is 3.86. The molecule has 2 heterocycles. The van der Waals surface area contributed by atoms with E-state index in [0.29, 0.717) is 18.4 Å². The molecule has 5 nitrogen and oxygen atoms in total. The second-order valence-electron chi connectivity index (χ2n) is 7.08. The van der Waals surface area contributed by atoms with Gasteiger partial charge in [-0.05, 0) is 58.2 Å². The summed E-state index contributed by atoms with van der Waals surface area (Å²) in [5.74, 6) is 0.662. The SMILES string of the molecule is CCCCN(C(=O)OC(C)(C)C)c1ccc([C@H]2CCCN2)cn1. The molecule has 1 aliphatic heterocycles. The summed E-state index contributed by atoms with van der Waals surface area (Å²) in [6.45, 7) is 9.43. The predicted octanol–water partition coefficient (Wildman–Crippen LogP) is 4.05. The van der Waals surface area contributed by atoms with Crippen molar-refractivity contribution in [1.82, 2.24) is 10.3 Å². The molecule has 23 heavy (non-hydrogen) atoms. The molecule has 1 atom stereocenters. The van der Waals surface area contributed by atoms with E-state index in [-0.39, 0.29) is 6.09 Å². The monoisotopic (exact) mass is 319 g/mol. The number of nitrogens with zero attached hydrogens (tertiary/aromatic N) is 2. The van der Waals surface area contributed by atoms with Crippen molar-refractivity contribution in [3.8, 4) is 0 Å². The van der Waals surface area contributed by atoms with Crippen molar-refractivity contribution in [3.63, 3.8) is 0 Å². The summed E-state index contributed by atoms with van der Waals surface area (Å²) in [7, 11) is 0. The Morgan fingerprint density at radius 1 is 1.43 bits per heavy atom. The highest BCUT2D eigenvalue weighted by Gasteiger charge is 2.24. The molecule has 0 aliphatic carbocycles. The summed E-state index contributed by atoms with van der Waals surface area (Å²) in [5.41, 5.74) is 0.681. The Kier molecular flexibility index (Phi) is 5.99. The van der Waals surface area contributed by atoms with Gasteiger partial charge < -0.3 is 10.1 Å². The molecule has 0 radical (unpaired) electrons. The number of carbonyl (C=O) groups excluding carboxylic acids is 1. The van der Waals surface area contributed by atoms with Crippen LogP contribution in [0, 0.1) is 0 Å². The van der Waals surface area contributed by atoms with Crippen molar-refractivity contribution < 1.29 is 9.53 Å². The molecule has 1 aromatic heterocycles.